The summed E-state index contributed by atoms with van der Waals surface area (Å²) in [5, 5.41) is 2.74. The molecule has 2 rings (SSSR count). The van der Waals surface area contributed by atoms with E-state index in [2.05, 4.69) is 5.32 Å². The number of amides is 2. The lowest BCUT2D eigenvalue weighted by Gasteiger charge is -2.32. The summed E-state index contributed by atoms with van der Waals surface area (Å²) >= 11 is 0. The van der Waals surface area contributed by atoms with Gasteiger partial charge in [0.25, 0.3) is 0 Å². The maximum absolute atomic E-state index is 12.1. The standard InChI is InChI=1S/C13H17N3O2.ClH/c1-9-13(18)15-6-7-16(9)12(17)8-10-2-4-11(14)5-3-10;/h2-5,9H,6-8,14H2,1H3,(H,15,18);1H. The van der Waals surface area contributed by atoms with Crippen molar-refractivity contribution in [3.63, 3.8) is 0 Å². The number of benzene rings is 1. The summed E-state index contributed by atoms with van der Waals surface area (Å²) in [5.41, 5.74) is 7.18. The van der Waals surface area contributed by atoms with E-state index in [1.54, 1.807) is 24.0 Å². The molecule has 1 aromatic rings. The van der Waals surface area contributed by atoms with E-state index in [9.17, 15) is 9.59 Å². The number of piperazine rings is 1. The van der Waals surface area contributed by atoms with E-state index >= 15 is 0 Å². The molecule has 0 aliphatic carbocycles. The smallest absolute Gasteiger partial charge is 0.242 e. The first-order valence-electron chi connectivity index (χ1n) is 5.99. The van der Waals surface area contributed by atoms with Gasteiger partial charge in [-0.15, -0.1) is 12.4 Å². The highest BCUT2D eigenvalue weighted by Crippen LogP contribution is 2.10. The van der Waals surface area contributed by atoms with Gasteiger partial charge in [-0.25, -0.2) is 0 Å². The Morgan fingerprint density at radius 1 is 1.42 bits per heavy atom. The molecule has 1 fully saturated rings. The molecule has 6 heteroatoms. The Morgan fingerprint density at radius 2 is 2.05 bits per heavy atom. The van der Waals surface area contributed by atoms with Gasteiger partial charge in [-0.3, -0.25) is 9.59 Å². The molecule has 1 aromatic carbocycles. The Bertz CT molecular complexity index is 461. The van der Waals surface area contributed by atoms with Crippen molar-refractivity contribution in [1.82, 2.24) is 10.2 Å². The number of rotatable bonds is 2. The third-order valence-corrected chi connectivity index (χ3v) is 3.15. The molecule has 0 radical (unpaired) electrons. The molecule has 1 heterocycles. The van der Waals surface area contributed by atoms with Crippen molar-refractivity contribution >= 4 is 29.9 Å². The van der Waals surface area contributed by atoms with E-state index in [4.69, 9.17) is 5.73 Å². The number of hydrogen-bond donors (Lipinski definition) is 2. The van der Waals surface area contributed by atoms with Crippen LogP contribution in [0, 0.1) is 0 Å². The van der Waals surface area contributed by atoms with Crippen LogP contribution in [0.25, 0.3) is 0 Å². The third-order valence-electron chi connectivity index (χ3n) is 3.15. The third kappa shape index (κ3) is 3.61. The minimum atomic E-state index is -0.389. The molecule has 0 aromatic heterocycles. The van der Waals surface area contributed by atoms with Crippen molar-refractivity contribution in [2.75, 3.05) is 18.8 Å². The first-order valence-corrected chi connectivity index (χ1v) is 5.99. The van der Waals surface area contributed by atoms with E-state index in [0.29, 0.717) is 25.2 Å². The van der Waals surface area contributed by atoms with Gasteiger partial charge in [0.2, 0.25) is 11.8 Å². The molecule has 0 saturated carbocycles. The fourth-order valence-corrected chi connectivity index (χ4v) is 2.03. The average molecular weight is 284 g/mol. The molecule has 1 aliphatic rings. The van der Waals surface area contributed by atoms with Crippen LogP contribution in [-0.2, 0) is 16.0 Å². The molecular weight excluding hydrogens is 266 g/mol. The van der Waals surface area contributed by atoms with Gasteiger partial charge in [-0.1, -0.05) is 12.1 Å². The average Bonchev–Trinajstić information content (AvgIpc) is 2.35. The first kappa shape index (κ1) is 15.3. The Balaban J connectivity index is 0.00000180. The van der Waals surface area contributed by atoms with Crippen LogP contribution >= 0.6 is 12.4 Å². The quantitative estimate of drug-likeness (QED) is 0.780. The van der Waals surface area contributed by atoms with Gasteiger partial charge in [0.1, 0.15) is 6.04 Å². The van der Waals surface area contributed by atoms with Gasteiger partial charge in [0.05, 0.1) is 6.42 Å². The minimum Gasteiger partial charge on any atom is -0.399 e. The molecule has 0 bridgehead atoms. The van der Waals surface area contributed by atoms with Crippen LogP contribution in [0.4, 0.5) is 5.69 Å². The summed E-state index contributed by atoms with van der Waals surface area (Å²) in [7, 11) is 0. The largest absolute Gasteiger partial charge is 0.399 e. The van der Waals surface area contributed by atoms with E-state index in [-0.39, 0.29) is 30.3 Å². The Labute approximate surface area is 118 Å². The lowest BCUT2D eigenvalue weighted by molar-refractivity contribution is -0.142. The zero-order chi connectivity index (χ0) is 13.1. The van der Waals surface area contributed by atoms with Crippen LogP contribution < -0.4 is 11.1 Å². The number of anilines is 1. The maximum atomic E-state index is 12.1. The second-order valence-corrected chi connectivity index (χ2v) is 4.47. The molecule has 1 aliphatic heterocycles. The topological polar surface area (TPSA) is 75.4 Å². The summed E-state index contributed by atoms with van der Waals surface area (Å²) in [4.78, 5) is 25.2. The van der Waals surface area contributed by atoms with Crippen molar-refractivity contribution in [3.8, 4) is 0 Å². The second-order valence-electron chi connectivity index (χ2n) is 4.47. The fourth-order valence-electron chi connectivity index (χ4n) is 2.03. The number of nitrogen functional groups attached to an aromatic ring is 1. The molecule has 1 atom stereocenters. The Morgan fingerprint density at radius 3 is 2.68 bits per heavy atom. The number of nitrogens with two attached hydrogens (primary N) is 1. The summed E-state index contributed by atoms with van der Waals surface area (Å²) < 4.78 is 0. The van der Waals surface area contributed by atoms with Crippen molar-refractivity contribution in [2.45, 2.75) is 19.4 Å². The van der Waals surface area contributed by atoms with Crippen molar-refractivity contribution in [2.24, 2.45) is 0 Å². The molecule has 5 nitrogen and oxygen atoms in total. The van der Waals surface area contributed by atoms with E-state index in [1.165, 1.54) is 0 Å². The SMILES string of the molecule is CC1C(=O)NCCN1C(=O)Cc1ccc(N)cc1.Cl. The molecule has 1 saturated heterocycles. The van der Waals surface area contributed by atoms with Gasteiger partial charge < -0.3 is 16.0 Å². The number of nitrogens with one attached hydrogen (secondary N) is 1. The van der Waals surface area contributed by atoms with Gasteiger partial charge in [-0.05, 0) is 24.6 Å². The molecule has 3 N–H and O–H groups in total. The van der Waals surface area contributed by atoms with E-state index < -0.39 is 0 Å². The molecule has 2 amide bonds. The van der Waals surface area contributed by atoms with Crippen molar-refractivity contribution < 1.29 is 9.59 Å². The van der Waals surface area contributed by atoms with E-state index in [1.807, 2.05) is 12.1 Å². The highest BCUT2D eigenvalue weighted by molar-refractivity contribution is 5.89. The number of carbonyl (C=O) groups excluding carboxylic acids is 2. The van der Waals surface area contributed by atoms with Crippen LogP contribution in [0.5, 0.6) is 0 Å². The Hall–Kier alpha value is -1.75. The predicted octanol–water partition coefficient (Wildman–Crippen LogP) is 0.580. The number of hydrogen-bond acceptors (Lipinski definition) is 3. The van der Waals surface area contributed by atoms with Crippen LogP contribution in [0.2, 0.25) is 0 Å². The van der Waals surface area contributed by atoms with Crippen LogP contribution in [-0.4, -0.2) is 35.8 Å². The monoisotopic (exact) mass is 283 g/mol. The maximum Gasteiger partial charge on any atom is 0.242 e. The molecule has 0 spiro atoms. The highest BCUT2D eigenvalue weighted by atomic mass is 35.5. The Kier molecular flexibility index (Phi) is 5.18. The fraction of sp³-hybridized carbons (Fsp3) is 0.385. The predicted molar refractivity (Wildman–Crippen MR) is 76.0 cm³/mol. The van der Waals surface area contributed by atoms with Crippen LogP contribution in [0.1, 0.15) is 12.5 Å². The summed E-state index contributed by atoms with van der Waals surface area (Å²) in [5.74, 6) is -0.117. The minimum absolute atomic E-state index is 0. The lowest BCUT2D eigenvalue weighted by atomic mass is 10.1. The van der Waals surface area contributed by atoms with E-state index in [0.717, 1.165) is 5.56 Å². The molecule has 1 unspecified atom stereocenters. The molecule has 104 valence electrons. The summed E-state index contributed by atoms with van der Waals surface area (Å²) in [6.07, 6.45) is 0.303. The first-order chi connectivity index (χ1) is 8.58. The summed E-state index contributed by atoms with van der Waals surface area (Å²) in [6.45, 7) is 2.84. The van der Waals surface area contributed by atoms with Crippen LogP contribution in [0.15, 0.2) is 24.3 Å². The summed E-state index contributed by atoms with van der Waals surface area (Å²) in [6, 6.07) is 6.83. The zero-order valence-corrected chi connectivity index (χ0v) is 11.6. The number of carbonyl (C=O) groups is 2. The lowest BCUT2D eigenvalue weighted by Crippen LogP contribution is -2.56. The molecule has 19 heavy (non-hydrogen) atoms. The van der Waals surface area contributed by atoms with Gasteiger partial charge >= 0.3 is 0 Å². The number of halogens is 1. The normalized spacial score (nSPS) is 18.5. The van der Waals surface area contributed by atoms with Gasteiger partial charge in [-0.2, -0.15) is 0 Å². The molecular formula is C13H18ClN3O2. The second kappa shape index (κ2) is 6.43. The van der Waals surface area contributed by atoms with Crippen LogP contribution in [0.3, 0.4) is 0 Å². The van der Waals surface area contributed by atoms with Gasteiger partial charge in [0, 0.05) is 18.8 Å². The number of nitrogens with zero attached hydrogens (tertiary/aromatic N) is 1. The van der Waals surface area contributed by atoms with Gasteiger partial charge in [0.15, 0.2) is 0 Å². The van der Waals surface area contributed by atoms with Crippen molar-refractivity contribution in [1.29, 1.82) is 0 Å². The highest BCUT2D eigenvalue weighted by Gasteiger charge is 2.28. The zero-order valence-electron chi connectivity index (χ0n) is 10.8. The van der Waals surface area contributed by atoms with Crippen molar-refractivity contribution in [3.05, 3.63) is 29.8 Å².